The number of anilines is 4. The van der Waals surface area contributed by atoms with Crippen LogP contribution in [0.2, 0.25) is 0 Å². The molecule has 5 rings (SSSR count). The molecule has 0 spiro atoms. The Morgan fingerprint density at radius 2 is 1.33 bits per heavy atom. The van der Waals surface area contributed by atoms with Gasteiger partial charge in [-0.15, -0.1) is 0 Å². The summed E-state index contributed by atoms with van der Waals surface area (Å²) in [6, 6.07) is 18.0. The van der Waals surface area contributed by atoms with Crippen molar-refractivity contribution in [3.05, 3.63) is 135 Å². The molecule has 0 saturated heterocycles. The van der Waals surface area contributed by atoms with Crippen molar-refractivity contribution in [3.8, 4) is 0 Å². The van der Waals surface area contributed by atoms with Crippen molar-refractivity contribution in [1.29, 1.82) is 0 Å². The highest BCUT2D eigenvalue weighted by molar-refractivity contribution is 7.86. The van der Waals surface area contributed by atoms with E-state index in [0.29, 0.717) is 22.4 Å². The fourth-order valence-corrected chi connectivity index (χ4v) is 8.76. The highest BCUT2D eigenvalue weighted by Gasteiger charge is 2.26. The minimum atomic E-state index is -4.60. The summed E-state index contributed by atoms with van der Waals surface area (Å²) in [5.74, 6) is -0.409. The molecule has 6 N–H and O–H groups in total. The van der Waals surface area contributed by atoms with E-state index < -0.39 is 26.0 Å². The summed E-state index contributed by atoms with van der Waals surface area (Å²) in [5, 5.41) is 0. The molecule has 0 bridgehead atoms. The van der Waals surface area contributed by atoms with E-state index in [1.165, 1.54) is 6.07 Å². The van der Waals surface area contributed by atoms with E-state index in [9.17, 15) is 25.9 Å². The van der Waals surface area contributed by atoms with Crippen molar-refractivity contribution in [3.63, 3.8) is 0 Å². The molecule has 0 saturated carbocycles. The van der Waals surface area contributed by atoms with Crippen LogP contribution in [-0.2, 0) is 20.2 Å². The lowest BCUT2D eigenvalue weighted by Gasteiger charge is -2.30. The zero-order chi connectivity index (χ0) is 40.4. The van der Waals surface area contributed by atoms with Gasteiger partial charge in [0.1, 0.15) is 11.4 Å². The summed E-state index contributed by atoms with van der Waals surface area (Å²) >= 11 is 0. The van der Waals surface area contributed by atoms with Gasteiger partial charge < -0.3 is 16.4 Å². The molecular formula is C43H51N4O6S2+. The molecule has 1 aliphatic rings. The highest BCUT2D eigenvalue weighted by Crippen LogP contribution is 2.39. The van der Waals surface area contributed by atoms with Gasteiger partial charge >= 0.3 is 0 Å². The summed E-state index contributed by atoms with van der Waals surface area (Å²) < 4.78 is 70.9. The maximum Gasteiger partial charge on any atom is 0.295 e. The normalized spacial score (nSPS) is 13.0. The van der Waals surface area contributed by atoms with Crippen LogP contribution >= 0.6 is 0 Å². The third-order valence-corrected chi connectivity index (χ3v) is 11.8. The van der Waals surface area contributed by atoms with Crippen molar-refractivity contribution in [2.24, 2.45) is 0 Å². The predicted octanol–water partition coefficient (Wildman–Crippen LogP) is 8.49. The van der Waals surface area contributed by atoms with Crippen LogP contribution in [0.1, 0.15) is 64.3 Å². The first-order chi connectivity index (χ1) is 25.8. The summed E-state index contributed by atoms with van der Waals surface area (Å²) in [4.78, 5) is 1.76. The Labute approximate surface area is 325 Å². The lowest BCUT2D eigenvalue weighted by Crippen LogP contribution is -2.23. The fourth-order valence-electron chi connectivity index (χ4n) is 7.57. The molecule has 0 amide bonds. The van der Waals surface area contributed by atoms with Gasteiger partial charge in [-0.25, -0.2) is 0 Å². The second-order valence-electron chi connectivity index (χ2n) is 14.2. The summed E-state index contributed by atoms with van der Waals surface area (Å²) in [6.07, 6.45) is 8.97. The highest BCUT2D eigenvalue weighted by atomic mass is 32.2. The maximum atomic E-state index is 12.7. The minimum Gasteiger partial charge on any atom is -0.398 e. The number of rotatable bonds is 12. The van der Waals surface area contributed by atoms with E-state index in [1.807, 2.05) is 94.2 Å². The molecular weight excluding hydrogens is 733 g/mol. The van der Waals surface area contributed by atoms with Crippen molar-refractivity contribution >= 4 is 60.0 Å². The Morgan fingerprint density at radius 1 is 0.745 bits per heavy atom. The van der Waals surface area contributed by atoms with Gasteiger partial charge in [-0.3, -0.25) is 9.11 Å². The maximum absolute atomic E-state index is 12.7. The van der Waals surface area contributed by atoms with E-state index >= 15 is 0 Å². The van der Waals surface area contributed by atoms with Gasteiger partial charge in [0.25, 0.3) is 20.2 Å². The van der Waals surface area contributed by atoms with Gasteiger partial charge in [-0.2, -0.15) is 21.4 Å². The van der Waals surface area contributed by atoms with Gasteiger partial charge in [-0.1, -0.05) is 43.3 Å². The molecule has 10 nitrogen and oxygen atoms in total. The molecule has 4 aromatic rings. The third-order valence-electron chi connectivity index (χ3n) is 10.1. The molecule has 0 heterocycles. The van der Waals surface area contributed by atoms with Crippen LogP contribution in [-0.4, -0.2) is 55.1 Å². The first kappa shape index (κ1) is 41.2. The van der Waals surface area contributed by atoms with Crippen LogP contribution < -0.4 is 16.4 Å². The largest absolute Gasteiger partial charge is 0.398 e. The number of nitrogens with two attached hydrogens (primary N) is 2. The molecule has 0 radical (unpaired) electrons. The van der Waals surface area contributed by atoms with E-state index in [2.05, 4.69) is 24.5 Å². The Morgan fingerprint density at radius 3 is 1.91 bits per heavy atom. The van der Waals surface area contributed by atoms with Gasteiger partial charge in [-0.05, 0) is 123 Å². The quantitative estimate of drug-likeness (QED) is 0.0626. The molecule has 0 unspecified atom stereocenters. The first-order valence-electron chi connectivity index (χ1n) is 18.2. The van der Waals surface area contributed by atoms with E-state index in [4.69, 9.17) is 11.5 Å². The Balaban J connectivity index is 1.69. The zero-order valence-electron chi connectivity index (χ0n) is 32.5. The molecule has 0 fully saturated rings. The standard InChI is InChI=1S/C43H50N4O6S2/c1-8-22-46(42-29(4)25-27(2)40(44)31(42)6)35-18-14-33(15-19-35)39(37-12-9-10-13-38(37)55(51,52)53)34-16-20-36(21-17-34)47(23-11-24-54(48,49)50)43-30(5)26-28(3)41(45)32(43)7/h9-10,12-21,25-26H,8,11,22-24,44-45H2,1-7H3,(H-,48,49,50,51,52,53)/p+1. The lowest BCUT2D eigenvalue weighted by molar-refractivity contribution is -0.440. The molecule has 290 valence electrons. The fraction of sp³-hybridized carbons (Fsp3) is 0.279. The number of hydrogen-bond donors (Lipinski definition) is 4. The lowest BCUT2D eigenvalue weighted by atomic mass is 9.90. The van der Waals surface area contributed by atoms with Crippen molar-refractivity contribution < 1.29 is 30.5 Å². The number of allylic oxidation sites excluding steroid dienone is 5. The summed E-state index contributed by atoms with van der Waals surface area (Å²) in [5.41, 5.74) is 26.1. The van der Waals surface area contributed by atoms with Gasteiger partial charge in [0, 0.05) is 64.6 Å². The zero-order valence-corrected chi connectivity index (χ0v) is 34.1. The van der Waals surface area contributed by atoms with Crippen LogP contribution in [0.5, 0.6) is 0 Å². The predicted molar refractivity (Wildman–Crippen MR) is 225 cm³/mol. The van der Waals surface area contributed by atoms with Crippen molar-refractivity contribution in [2.45, 2.75) is 66.2 Å². The molecule has 4 aromatic carbocycles. The molecule has 1 aliphatic carbocycles. The van der Waals surface area contributed by atoms with E-state index in [0.717, 1.165) is 80.4 Å². The number of benzene rings is 4. The minimum absolute atomic E-state index is 0.155. The molecule has 12 heteroatoms. The van der Waals surface area contributed by atoms with E-state index in [1.54, 1.807) is 18.2 Å². The van der Waals surface area contributed by atoms with Crippen LogP contribution in [0.15, 0.2) is 95.4 Å². The monoisotopic (exact) mass is 783 g/mol. The van der Waals surface area contributed by atoms with Gasteiger partial charge in [0.05, 0.1) is 5.75 Å². The van der Waals surface area contributed by atoms with Gasteiger partial charge in [0.2, 0.25) is 11.4 Å². The van der Waals surface area contributed by atoms with Crippen LogP contribution in [0, 0.1) is 41.5 Å². The van der Waals surface area contributed by atoms with Gasteiger partial charge in [0.15, 0.2) is 0 Å². The van der Waals surface area contributed by atoms with Crippen molar-refractivity contribution in [2.75, 3.05) is 35.2 Å². The molecule has 0 atom stereocenters. The van der Waals surface area contributed by atoms with Crippen molar-refractivity contribution in [1.82, 2.24) is 0 Å². The average Bonchev–Trinajstić information content (AvgIpc) is 3.12. The smallest absolute Gasteiger partial charge is 0.295 e. The molecule has 55 heavy (non-hydrogen) atoms. The number of hydrogen-bond acceptors (Lipinski definition) is 7. The number of nitrogen functional groups attached to an aromatic ring is 2. The summed E-state index contributed by atoms with van der Waals surface area (Å²) in [6.45, 7) is 15.1. The summed E-state index contributed by atoms with van der Waals surface area (Å²) in [7, 11) is -8.79. The Hall–Kier alpha value is -5.01. The Kier molecular flexibility index (Phi) is 12.3. The Bertz CT molecular complexity index is 2480. The molecule has 0 aromatic heterocycles. The van der Waals surface area contributed by atoms with Crippen LogP contribution in [0.3, 0.4) is 0 Å². The second-order valence-corrected chi connectivity index (χ2v) is 17.1. The number of aryl methyl sites for hydroxylation is 4. The van der Waals surface area contributed by atoms with E-state index in [-0.39, 0.29) is 17.9 Å². The SMILES string of the molecule is CCC[N+](=C1C=CC(=C(c2ccc(N(CCCS(=O)(=O)O)c3c(C)cc(C)c(N)c3C)cc2)c2ccccc2S(=O)(=O)O)C=C1)c1c(C)cc(C)c(N)c1C. The third kappa shape index (κ3) is 8.94. The topological polar surface area (TPSA) is 167 Å². The average molecular weight is 784 g/mol. The second kappa shape index (κ2) is 16.4. The van der Waals surface area contributed by atoms with Crippen LogP contribution in [0.4, 0.5) is 28.4 Å². The van der Waals surface area contributed by atoms with Crippen LogP contribution in [0.25, 0.3) is 5.57 Å². The number of nitrogens with zero attached hydrogens (tertiary/aromatic N) is 2. The first-order valence-corrected chi connectivity index (χ1v) is 21.3. The molecule has 0 aliphatic heterocycles.